The third kappa shape index (κ3) is 1.85. The Morgan fingerprint density at radius 1 is 1.16 bits per heavy atom. The average Bonchev–Trinajstić information content (AvgIpc) is 2.80. The number of nitrogen functional groups attached to an aromatic ring is 2. The van der Waals surface area contributed by atoms with Crippen LogP contribution in [0.5, 0.6) is 0 Å². The first-order valence-electron chi connectivity index (χ1n) is 5.61. The minimum atomic E-state index is -0.425. The molecule has 0 unspecified atom stereocenters. The van der Waals surface area contributed by atoms with Gasteiger partial charge < -0.3 is 16.0 Å². The fourth-order valence-corrected chi connectivity index (χ4v) is 1.92. The van der Waals surface area contributed by atoms with Gasteiger partial charge in [0.15, 0.2) is 17.3 Å². The molecule has 2 aromatic heterocycles. The lowest BCUT2D eigenvalue weighted by molar-refractivity contribution is 0.605. The molecule has 3 aromatic rings. The van der Waals surface area contributed by atoms with Gasteiger partial charge in [0.1, 0.15) is 11.8 Å². The monoisotopic (exact) mass is 258 g/mol. The fraction of sp³-hybridized carbons (Fsp3) is 0.0833. The molecule has 96 valence electrons. The van der Waals surface area contributed by atoms with E-state index in [0.717, 1.165) is 0 Å². The maximum atomic E-state index is 13.9. The van der Waals surface area contributed by atoms with Gasteiger partial charge in [0.25, 0.3) is 0 Å². The predicted molar refractivity (Wildman–Crippen MR) is 69.6 cm³/mol. The summed E-state index contributed by atoms with van der Waals surface area (Å²) in [6.45, 7) is 0.282. The van der Waals surface area contributed by atoms with E-state index in [2.05, 4.69) is 15.0 Å². The largest absolute Gasteiger partial charge is 0.396 e. The lowest BCUT2D eigenvalue weighted by atomic mass is 10.2. The van der Waals surface area contributed by atoms with Crippen LogP contribution in [0.15, 0.2) is 30.9 Å². The smallest absolute Gasteiger partial charge is 0.165 e. The van der Waals surface area contributed by atoms with Gasteiger partial charge in [-0.05, 0) is 6.07 Å². The molecule has 6 nitrogen and oxygen atoms in total. The number of hydrogen-bond acceptors (Lipinski definition) is 5. The number of hydrogen-bond donors (Lipinski definition) is 2. The van der Waals surface area contributed by atoms with E-state index in [1.807, 2.05) is 0 Å². The topological polar surface area (TPSA) is 95.6 Å². The summed E-state index contributed by atoms with van der Waals surface area (Å²) in [4.78, 5) is 12.1. The number of benzene rings is 1. The second-order valence-corrected chi connectivity index (χ2v) is 4.12. The molecule has 0 saturated heterocycles. The molecule has 7 heteroatoms. The minimum Gasteiger partial charge on any atom is -0.396 e. The van der Waals surface area contributed by atoms with Crippen molar-refractivity contribution in [3.63, 3.8) is 0 Å². The number of aromatic nitrogens is 4. The lowest BCUT2D eigenvalue weighted by Gasteiger charge is -2.06. The van der Waals surface area contributed by atoms with Crippen LogP contribution in [0.1, 0.15) is 5.56 Å². The summed E-state index contributed by atoms with van der Waals surface area (Å²) in [5.74, 6) is -0.122. The Kier molecular flexibility index (Phi) is 2.52. The molecule has 0 atom stereocenters. The van der Waals surface area contributed by atoms with Crippen molar-refractivity contribution in [2.75, 3.05) is 11.5 Å². The molecule has 0 radical (unpaired) electrons. The number of imidazole rings is 1. The van der Waals surface area contributed by atoms with E-state index < -0.39 is 5.82 Å². The molecule has 19 heavy (non-hydrogen) atoms. The highest BCUT2D eigenvalue weighted by molar-refractivity contribution is 5.81. The lowest BCUT2D eigenvalue weighted by Crippen LogP contribution is -2.04. The highest BCUT2D eigenvalue weighted by Crippen LogP contribution is 2.19. The zero-order valence-corrected chi connectivity index (χ0v) is 9.92. The summed E-state index contributed by atoms with van der Waals surface area (Å²) < 4.78 is 15.6. The zero-order valence-electron chi connectivity index (χ0n) is 9.92. The van der Waals surface area contributed by atoms with E-state index in [0.29, 0.717) is 22.5 Å². The van der Waals surface area contributed by atoms with Gasteiger partial charge in [-0.1, -0.05) is 12.1 Å². The number of halogens is 1. The van der Waals surface area contributed by atoms with Crippen molar-refractivity contribution in [2.24, 2.45) is 0 Å². The Morgan fingerprint density at radius 2 is 2.00 bits per heavy atom. The van der Waals surface area contributed by atoms with Gasteiger partial charge in [0.05, 0.1) is 18.6 Å². The fourth-order valence-electron chi connectivity index (χ4n) is 1.92. The van der Waals surface area contributed by atoms with Crippen LogP contribution in [0.4, 0.5) is 15.9 Å². The van der Waals surface area contributed by atoms with Crippen LogP contribution in [0.25, 0.3) is 11.2 Å². The number of nitrogens with two attached hydrogens (primary N) is 2. The quantitative estimate of drug-likeness (QED) is 0.673. The molecule has 3 rings (SSSR count). The molecule has 0 aliphatic carbocycles. The summed E-state index contributed by atoms with van der Waals surface area (Å²) in [5, 5.41) is 0. The van der Waals surface area contributed by atoms with Crippen molar-refractivity contribution < 1.29 is 4.39 Å². The minimum absolute atomic E-state index is 0.121. The molecule has 0 bridgehead atoms. The van der Waals surface area contributed by atoms with Crippen LogP contribution in [0.3, 0.4) is 0 Å². The first-order chi connectivity index (χ1) is 9.16. The summed E-state index contributed by atoms with van der Waals surface area (Å²) in [5.41, 5.74) is 12.9. The summed E-state index contributed by atoms with van der Waals surface area (Å²) in [6.07, 6.45) is 2.91. The maximum Gasteiger partial charge on any atom is 0.165 e. The Bertz CT molecular complexity index is 751. The van der Waals surface area contributed by atoms with Crippen molar-refractivity contribution >= 4 is 22.7 Å². The molecular weight excluding hydrogens is 247 g/mol. The van der Waals surface area contributed by atoms with Crippen LogP contribution in [0, 0.1) is 5.82 Å². The third-order valence-corrected chi connectivity index (χ3v) is 2.88. The van der Waals surface area contributed by atoms with E-state index in [-0.39, 0.29) is 12.2 Å². The van der Waals surface area contributed by atoms with Crippen LogP contribution in [-0.4, -0.2) is 19.5 Å². The molecule has 0 fully saturated rings. The SMILES string of the molecule is Nc1cccc(Cn2cnc3c(N)ncnc32)c1F. The average molecular weight is 258 g/mol. The van der Waals surface area contributed by atoms with E-state index in [4.69, 9.17) is 11.5 Å². The Balaban J connectivity index is 2.07. The Labute approximate surface area is 107 Å². The van der Waals surface area contributed by atoms with Crippen LogP contribution in [-0.2, 0) is 6.54 Å². The van der Waals surface area contributed by atoms with Crippen molar-refractivity contribution in [2.45, 2.75) is 6.54 Å². The van der Waals surface area contributed by atoms with E-state index in [9.17, 15) is 4.39 Å². The maximum absolute atomic E-state index is 13.9. The molecule has 2 heterocycles. The van der Waals surface area contributed by atoms with E-state index >= 15 is 0 Å². The molecule has 0 aliphatic rings. The zero-order chi connectivity index (χ0) is 13.4. The summed E-state index contributed by atoms with van der Waals surface area (Å²) in [7, 11) is 0. The third-order valence-electron chi connectivity index (χ3n) is 2.88. The standard InChI is InChI=1S/C12H11FN6/c13-9-7(2-1-3-8(9)14)4-19-6-18-10-11(15)16-5-17-12(10)19/h1-3,5-6H,4,14H2,(H2,15,16,17). The van der Waals surface area contributed by atoms with Gasteiger partial charge in [-0.2, -0.15) is 0 Å². The van der Waals surface area contributed by atoms with Crippen molar-refractivity contribution in [1.29, 1.82) is 0 Å². The van der Waals surface area contributed by atoms with Crippen molar-refractivity contribution in [1.82, 2.24) is 19.5 Å². The number of rotatable bonds is 2. The first-order valence-corrected chi connectivity index (χ1v) is 5.61. The highest BCUT2D eigenvalue weighted by Gasteiger charge is 2.11. The second kappa shape index (κ2) is 4.20. The van der Waals surface area contributed by atoms with Gasteiger partial charge in [0, 0.05) is 5.56 Å². The molecule has 0 spiro atoms. The van der Waals surface area contributed by atoms with Crippen LogP contribution >= 0.6 is 0 Å². The summed E-state index contributed by atoms with van der Waals surface area (Å²) >= 11 is 0. The van der Waals surface area contributed by atoms with Crippen LogP contribution in [0.2, 0.25) is 0 Å². The summed E-state index contributed by atoms with van der Waals surface area (Å²) in [6, 6.07) is 4.89. The molecule has 0 amide bonds. The second-order valence-electron chi connectivity index (χ2n) is 4.12. The molecule has 0 saturated carbocycles. The number of anilines is 2. The number of fused-ring (bicyclic) bond motifs is 1. The normalized spacial score (nSPS) is 11.0. The Morgan fingerprint density at radius 3 is 2.84 bits per heavy atom. The van der Waals surface area contributed by atoms with E-state index in [1.54, 1.807) is 23.0 Å². The van der Waals surface area contributed by atoms with Gasteiger partial charge >= 0.3 is 0 Å². The van der Waals surface area contributed by atoms with Crippen molar-refractivity contribution in [3.8, 4) is 0 Å². The van der Waals surface area contributed by atoms with Crippen molar-refractivity contribution in [3.05, 3.63) is 42.2 Å². The van der Waals surface area contributed by atoms with Crippen LogP contribution < -0.4 is 11.5 Å². The molecule has 1 aromatic carbocycles. The molecule has 0 aliphatic heterocycles. The van der Waals surface area contributed by atoms with Gasteiger partial charge in [-0.15, -0.1) is 0 Å². The van der Waals surface area contributed by atoms with E-state index in [1.165, 1.54) is 12.4 Å². The number of nitrogens with zero attached hydrogens (tertiary/aromatic N) is 4. The predicted octanol–water partition coefficient (Wildman–Crippen LogP) is 1.18. The molecule has 4 N–H and O–H groups in total. The highest BCUT2D eigenvalue weighted by atomic mass is 19.1. The molecular formula is C12H11FN6. The Hall–Kier alpha value is -2.70. The van der Waals surface area contributed by atoms with Gasteiger partial charge in [-0.25, -0.2) is 19.3 Å². The first kappa shape index (κ1) is 11.4. The van der Waals surface area contributed by atoms with Gasteiger partial charge in [-0.3, -0.25) is 0 Å². The van der Waals surface area contributed by atoms with Gasteiger partial charge in [0.2, 0.25) is 0 Å².